The Kier molecular flexibility index (Phi) is 12.3. The number of rotatable bonds is 4. The van der Waals surface area contributed by atoms with E-state index in [0.29, 0.717) is 0 Å². The lowest BCUT2D eigenvalue weighted by Gasteiger charge is -2.48. The van der Waals surface area contributed by atoms with Crippen LogP contribution in [0.4, 0.5) is 0 Å². The van der Waals surface area contributed by atoms with Crippen molar-refractivity contribution < 1.29 is 24.9 Å². The van der Waals surface area contributed by atoms with E-state index < -0.39 is 22.8 Å². The zero-order valence-electron chi connectivity index (χ0n) is 23.4. The number of carboxylic acid groups (broad SMARTS) is 2. The van der Waals surface area contributed by atoms with Crippen LogP contribution < -0.4 is 0 Å². The van der Waals surface area contributed by atoms with Crippen LogP contribution in [-0.2, 0) is 9.59 Å². The van der Waals surface area contributed by atoms with Gasteiger partial charge in [-0.2, -0.15) is 0 Å². The van der Waals surface area contributed by atoms with Gasteiger partial charge in [0, 0.05) is 6.42 Å². The van der Waals surface area contributed by atoms with Crippen LogP contribution in [0.1, 0.15) is 154 Å². The summed E-state index contributed by atoms with van der Waals surface area (Å²) in [4.78, 5) is 26.3. The molecular formula is C32H54O5. The largest absolute Gasteiger partial charge is 0.513 e. The van der Waals surface area contributed by atoms with Crippen LogP contribution in [0.15, 0.2) is 11.8 Å². The molecule has 3 N–H and O–H groups in total. The van der Waals surface area contributed by atoms with Crippen molar-refractivity contribution in [2.75, 3.05) is 0 Å². The van der Waals surface area contributed by atoms with E-state index in [4.69, 9.17) is 0 Å². The molecule has 0 bridgehead atoms. The molecule has 0 aromatic carbocycles. The van der Waals surface area contributed by atoms with Gasteiger partial charge in [-0.1, -0.05) is 116 Å². The second-order valence-corrected chi connectivity index (χ2v) is 12.7. The second kappa shape index (κ2) is 15.2. The molecule has 3 aliphatic rings. The van der Waals surface area contributed by atoms with E-state index in [9.17, 15) is 24.9 Å². The molecule has 0 amide bonds. The first kappa shape index (κ1) is 30.0. The Balaban J connectivity index is 1.92. The summed E-state index contributed by atoms with van der Waals surface area (Å²) in [7, 11) is 0. The Labute approximate surface area is 225 Å². The second-order valence-electron chi connectivity index (χ2n) is 12.7. The maximum atomic E-state index is 13.2. The van der Waals surface area contributed by atoms with Crippen molar-refractivity contribution in [1.29, 1.82) is 0 Å². The molecule has 37 heavy (non-hydrogen) atoms. The van der Waals surface area contributed by atoms with E-state index in [-0.39, 0.29) is 30.4 Å². The summed E-state index contributed by atoms with van der Waals surface area (Å²) in [6.07, 6.45) is 25.8. The van der Waals surface area contributed by atoms with Gasteiger partial charge in [0.15, 0.2) is 0 Å². The fraction of sp³-hybridized carbons (Fsp3) is 0.875. The Bertz CT molecular complexity index is 721. The SMILES string of the molecule is O=C(O)C1(C2CCCCCCCCCCC2)C=C(O)CC(C(=O)O)(C2CCCCCCCCCCC2)C1. The summed E-state index contributed by atoms with van der Waals surface area (Å²) in [6, 6.07) is 0. The number of carbonyl (C=O) groups is 2. The molecule has 0 aliphatic heterocycles. The Hall–Kier alpha value is -1.52. The number of aliphatic carboxylic acids is 2. The van der Waals surface area contributed by atoms with Gasteiger partial charge in [0.25, 0.3) is 0 Å². The zero-order valence-corrected chi connectivity index (χ0v) is 23.4. The minimum Gasteiger partial charge on any atom is -0.513 e. The summed E-state index contributed by atoms with van der Waals surface area (Å²) in [6.45, 7) is 0. The minimum atomic E-state index is -1.30. The van der Waals surface area contributed by atoms with Crippen molar-refractivity contribution in [2.45, 2.75) is 154 Å². The van der Waals surface area contributed by atoms with Gasteiger partial charge in [-0.05, 0) is 50.0 Å². The van der Waals surface area contributed by atoms with Crippen molar-refractivity contribution in [2.24, 2.45) is 22.7 Å². The highest BCUT2D eigenvalue weighted by Gasteiger charge is 2.58. The van der Waals surface area contributed by atoms with E-state index in [1.54, 1.807) is 6.08 Å². The van der Waals surface area contributed by atoms with Gasteiger partial charge in [0.05, 0.1) is 16.6 Å². The summed E-state index contributed by atoms with van der Waals surface area (Å²) in [5.74, 6) is -2.06. The normalized spacial score (nSPS) is 31.5. The molecule has 0 saturated heterocycles. The molecule has 5 nitrogen and oxygen atoms in total. The maximum Gasteiger partial charge on any atom is 0.313 e. The van der Waals surface area contributed by atoms with Crippen LogP contribution in [0.3, 0.4) is 0 Å². The molecule has 0 aromatic heterocycles. The highest BCUT2D eigenvalue weighted by Crippen LogP contribution is 2.56. The highest BCUT2D eigenvalue weighted by atomic mass is 16.4. The smallest absolute Gasteiger partial charge is 0.313 e. The van der Waals surface area contributed by atoms with E-state index in [2.05, 4.69) is 0 Å². The number of allylic oxidation sites excluding steroid dienone is 1. The number of hydrogen-bond acceptors (Lipinski definition) is 3. The molecule has 2 atom stereocenters. The van der Waals surface area contributed by atoms with Gasteiger partial charge in [-0.3, -0.25) is 9.59 Å². The van der Waals surface area contributed by atoms with Gasteiger partial charge in [0.1, 0.15) is 0 Å². The summed E-state index contributed by atoms with van der Waals surface area (Å²) in [5, 5.41) is 32.6. The molecule has 212 valence electrons. The molecule has 2 unspecified atom stereocenters. The van der Waals surface area contributed by atoms with Crippen molar-refractivity contribution in [1.82, 2.24) is 0 Å². The highest BCUT2D eigenvalue weighted by molar-refractivity contribution is 5.82. The first-order valence-electron chi connectivity index (χ1n) is 15.8. The zero-order chi connectivity index (χ0) is 26.6. The first-order valence-corrected chi connectivity index (χ1v) is 15.8. The van der Waals surface area contributed by atoms with E-state index in [1.807, 2.05) is 0 Å². The van der Waals surface area contributed by atoms with Gasteiger partial charge in [0.2, 0.25) is 0 Å². The third-order valence-electron chi connectivity index (χ3n) is 10.1. The lowest BCUT2D eigenvalue weighted by molar-refractivity contribution is -0.165. The predicted octanol–water partition coefficient (Wildman–Crippen LogP) is 9.21. The van der Waals surface area contributed by atoms with Crippen LogP contribution in [0.5, 0.6) is 0 Å². The molecular weight excluding hydrogens is 464 g/mol. The van der Waals surface area contributed by atoms with Gasteiger partial charge >= 0.3 is 11.9 Å². The fourth-order valence-corrected chi connectivity index (χ4v) is 7.89. The molecule has 0 radical (unpaired) electrons. The minimum absolute atomic E-state index is 0.00622. The third-order valence-corrected chi connectivity index (χ3v) is 10.1. The lowest BCUT2D eigenvalue weighted by Crippen LogP contribution is -2.51. The van der Waals surface area contributed by atoms with Gasteiger partial charge in [-0.25, -0.2) is 0 Å². The molecule has 3 aliphatic carbocycles. The van der Waals surface area contributed by atoms with Crippen LogP contribution in [0.25, 0.3) is 0 Å². The number of hydrogen-bond donors (Lipinski definition) is 3. The molecule has 3 rings (SSSR count). The van der Waals surface area contributed by atoms with Crippen LogP contribution in [-0.4, -0.2) is 27.3 Å². The topological polar surface area (TPSA) is 94.8 Å². The van der Waals surface area contributed by atoms with Crippen LogP contribution in [0, 0.1) is 22.7 Å². The van der Waals surface area contributed by atoms with Crippen molar-refractivity contribution >= 4 is 11.9 Å². The standard InChI is InChI=1S/C32H54O5/c33-28-23-31(29(34)35,26-19-15-11-7-3-1-4-8-12-16-20-26)25-32(24-28,30(36)37)27-21-17-13-9-5-2-6-10-14-18-22-27/h23,26-27,33H,1-22,24-25H2,(H,34,35)(H,36,37). The molecule has 2 saturated carbocycles. The monoisotopic (exact) mass is 518 g/mol. The Morgan fingerprint density at radius 2 is 0.919 bits per heavy atom. The van der Waals surface area contributed by atoms with Gasteiger partial charge < -0.3 is 15.3 Å². The van der Waals surface area contributed by atoms with Crippen LogP contribution >= 0.6 is 0 Å². The molecule has 0 aromatic rings. The average Bonchev–Trinajstić information content (AvgIpc) is 2.84. The van der Waals surface area contributed by atoms with E-state index in [0.717, 1.165) is 77.0 Å². The quantitative estimate of drug-likeness (QED) is 0.345. The summed E-state index contributed by atoms with van der Waals surface area (Å²) < 4.78 is 0. The number of aliphatic hydroxyl groups excluding tert-OH is 1. The Morgan fingerprint density at radius 1 is 0.568 bits per heavy atom. The van der Waals surface area contributed by atoms with Crippen molar-refractivity contribution in [3.05, 3.63) is 11.8 Å². The molecule has 0 heterocycles. The predicted molar refractivity (Wildman–Crippen MR) is 149 cm³/mol. The summed E-state index contributed by atoms with van der Waals surface area (Å²) in [5.41, 5.74) is -2.50. The fourth-order valence-electron chi connectivity index (χ4n) is 7.89. The Morgan fingerprint density at radius 3 is 1.27 bits per heavy atom. The van der Waals surface area contributed by atoms with Crippen LogP contribution in [0.2, 0.25) is 0 Å². The summed E-state index contributed by atoms with van der Waals surface area (Å²) >= 11 is 0. The maximum absolute atomic E-state index is 13.2. The molecule has 2 fully saturated rings. The average molecular weight is 519 g/mol. The van der Waals surface area contributed by atoms with E-state index >= 15 is 0 Å². The van der Waals surface area contributed by atoms with Gasteiger partial charge in [-0.15, -0.1) is 0 Å². The molecule has 0 spiro atoms. The molecule has 5 heteroatoms. The number of carboxylic acids is 2. The van der Waals surface area contributed by atoms with E-state index in [1.165, 1.54) is 64.2 Å². The first-order chi connectivity index (χ1) is 17.9. The number of aliphatic hydroxyl groups is 1. The van der Waals surface area contributed by atoms with Crippen molar-refractivity contribution in [3.63, 3.8) is 0 Å². The lowest BCUT2D eigenvalue weighted by atomic mass is 9.53. The van der Waals surface area contributed by atoms with Crippen molar-refractivity contribution in [3.8, 4) is 0 Å². The third kappa shape index (κ3) is 8.23.